The molecule has 0 aliphatic heterocycles. The third kappa shape index (κ3) is 2.21. The molecular formula is C16H26N4O. The van der Waals surface area contributed by atoms with E-state index in [1.807, 2.05) is 0 Å². The van der Waals surface area contributed by atoms with Crippen molar-refractivity contribution in [3.05, 3.63) is 11.6 Å². The van der Waals surface area contributed by atoms with E-state index in [0.29, 0.717) is 19.1 Å². The third-order valence-electron chi connectivity index (χ3n) is 6.08. The monoisotopic (exact) mass is 290 g/mol. The highest BCUT2D eigenvalue weighted by atomic mass is 16.5. The van der Waals surface area contributed by atoms with Gasteiger partial charge in [0.25, 0.3) is 0 Å². The van der Waals surface area contributed by atoms with Gasteiger partial charge in [0, 0.05) is 19.6 Å². The smallest absolute Gasteiger partial charge is 0.146 e. The lowest BCUT2D eigenvalue weighted by molar-refractivity contribution is -0.00722. The minimum Gasteiger partial charge on any atom is -0.383 e. The van der Waals surface area contributed by atoms with E-state index in [4.69, 9.17) is 10.5 Å². The van der Waals surface area contributed by atoms with Crippen molar-refractivity contribution in [2.45, 2.75) is 51.1 Å². The number of methoxy groups -OCH3 is 1. The molecule has 1 aromatic heterocycles. The molecule has 21 heavy (non-hydrogen) atoms. The highest BCUT2D eigenvalue weighted by molar-refractivity contribution is 5.13. The Balaban J connectivity index is 1.65. The first-order valence-electron chi connectivity index (χ1n) is 8.41. The normalized spacial score (nSPS) is 37.3. The van der Waals surface area contributed by atoms with Crippen LogP contribution in [0.3, 0.4) is 0 Å². The Hall–Kier alpha value is -0.940. The first-order valence-corrected chi connectivity index (χ1v) is 8.41. The van der Waals surface area contributed by atoms with E-state index in [-0.39, 0.29) is 0 Å². The molecule has 4 fully saturated rings. The predicted octanol–water partition coefficient (Wildman–Crippen LogP) is 1.92. The van der Waals surface area contributed by atoms with E-state index < -0.39 is 0 Å². The number of nitrogens with zero attached hydrogens (tertiary/aromatic N) is 3. The van der Waals surface area contributed by atoms with E-state index in [2.05, 4.69) is 14.8 Å². The molecule has 4 bridgehead atoms. The van der Waals surface area contributed by atoms with Crippen molar-refractivity contribution in [2.75, 3.05) is 13.7 Å². The van der Waals surface area contributed by atoms with Gasteiger partial charge in [0.2, 0.25) is 0 Å². The lowest BCUT2D eigenvalue weighted by Gasteiger charge is -2.54. The predicted molar refractivity (Wildman–Crippen MR) is 79.6 cm³/mol. The standard InChI is InChI=1S/C16H26N4O/c1-21-3-2-20-14(9-17)18-19-16(20)15-12-5-10-4-11(7-12)8-13(15)6-10/h10-13,15H,2-9,17H2,1H3. The van der Waals surface area contributed by atoms with E-state index in [0.717, 1.165) is 36.0 Å². The Morgan fingerprint density at radius 2 is 1.76 bits per heavy atom. The molecule has 5 nitrogen and oxygen atoms in total. The van der Waals surface area contributed by atoms with E-state index in [1.165, 1.54) is 37.9 Å². The lowest BCUT2D eigenvalue weighted by Crippen LogP contribution is -2.44. The topological polar surface area (TPSA) is 66.0 Å². The molecule has 4 aliphatic rings. The van der Waals surface area contributed by atoms with Gasteiger partial charge >= 0.3 is 0 Å². The summed E-state index contributed by atoms with van der Waals surface area (Å²) in [6.45, 7) is 1.99. The molecule has 4 saturated carbocycles. The molecule has 2 N–H and O–H groups in total. The van der Waals surface area contributed by atoms with Crippen LogP contribution in [0.2, 0.25) is 0 Å². The summed E-state index contributed by atoms with van der Waals surface area (Å²) >= 11 is 0. The number of rotatable bonds is 5. The van der Waals surface area contributed by atoms with E-state index in [9.17, 15) is 0 Å². The molecule has 0 radical (unpaired) electrons. The summed E-state index contributed by atoms with van der Waals surface area (Å²) in [6.07, 6.45) is 7.13. The average Bonchev–Trinajstić information content (AvgIpc) is 2.87. The molecule has 0 atom stereocenters. The largest absolute Gasteiger partial charge is 0.383 e. The van der Waals surface area contributed by atoms with Crippen LogP contribution in [-0.2, 0) is 17.8 Å². The van der Waals surface area contributed by atoms with Crippen LogP contribution < -0.4 is 5.73 Å². The van der Waals surface area contributed by atoms with Crippen molar-refractivity contribution in [3.8, 4) is 0 Å². The minimum absolute atomic E-state index is 0.462. The quantitative estimate of drug-likeness (QED) is 0.900. The molecule has 5 rings (SSSR count). The summed E-state index contributed by atoms with van der Waals surface area (Å²) in [6, 6.07) is 0. The number of hydrogen-bond acceptors (Lipinski definition) is 4. The first kappa shape index (κ1) is 13.7. The van der Waals surface area contributed by atoms with Gasteiger partial charge < -0.3 is 15.0 Å². The van der Waals surface area contributed by atoms with Gasteiger partial charge in [0.1, 0.15) is 11.6 Å². The van der Waals surface area contributed by atoms with Gasteiger partial charge in [0.15, 0.2) is 0 Å². The SMILES string of the molecule is COCCn1c(CN)nnc1C1C2CC3CC(C2)CC1C3. The zero-order chi connectivity index (χ0) is 14.4. The lowest BCUT2D eigenvalue weighted by atomic mass is 9.51. The first-order chi connectivity index (χ1) is 10.3. The van der Waals surface area contributed by atoms with Gasteiger partial charge in [-0.15, -0.1) is 10.2 Å². The zero-order valence-electron chi connectivity index (χ0n) is 12.9. The van der Waals surface area contributed by atoms with Crippen LogP contribution in [0.5, 0.6) is 0 Å². The van der Waals surface area contributed by atoms with Gasteiger partial charge in [-0.3, -0.25) is 0 Å². The fraction of sp³-hybridized carbons (Fsp3) is 0.875. The second kappa shape index (κ2) is 5.36. The Morgan fingerprint density at radius 1 is 1.10 bits per heavy atom. The number of ether oxygens (including phenoxy) is 1. The molecular weight excluding hydrogens is 264 g/mol. The summed E-state index contributed by atoms with van der Waals surface area (Å²) in [5.74, 6) is 6.37. The molecule has 1 aromatic rings. The molecule has 4 aliphatic carbocycles. The molecule has 5 heteroatoms. The maximum atomic E-state index is 5.85. The third-order valence-corrected chi connectivity index (χ3v) is 6.08. The van der Waals surface area contributed by atoms with Crippen LogP contribution in [0.4, 0.5) is 0 Å². The summed E-state index contributed by atoms with van der Waals surface area (Å²) in [5, 5.41) is 8.92. The van der Waals surface area contributed by atoms with Crippen molar-refractivity contribution in [1.29, 1.82) is 0 Å². The second-order valence-electron chi connectivity index (χ2n) is 7.28. The van der Waals surface area contributed by atoms with Crippen molar-refractivity contribution in [3.63, 3.8) is 0 Å². The average molecular weight is 290 g/mol. The number of aromatic nitrogens is 3. The van der Waals surface area contributed by atoms with Crippen LogP contribution in [0.25, 0.3) is 0 Å². The van der Waals surface area contributed by atoms with Crippen molar-refractivity contribution in [1.82, 2.24) is 14.8 Å². The zero-order valence-corrected chi connectivity index (χ0v) is 12.9. The van der Waals surface area contributed by atoms with Crippen LogP contribution in [-0.4, -0.2) is 28.5 Å². The van der Waals surface area contributed by atoms with Crippen LogP contribution in [0.1, 0.15) is 49.7 Å². The Bertz CT molecular complexity index is 484. The van der Waals surface area contributed by atoms with Gasteiger partial charge in [-0.1, -0.05) is 0 Å². The molecule has 0 amide bonds. The van der Waals surface area contributed by atoms with Gasteiger partial charge in [0.05, 0.1) is 13.2 Å². The summed E-state index contributed by atoms with van der Waals surface area (Å²) in [4.78, 5) is 0. The van der Waals surface area contributed by atoms with Gasteiger partial charge in [-0.05, 0) is 55.8 Å². The molecule has 0 aromatic carbocycles. The van der Waals surface area contributed by atoms with E-state index >= 15 is 0 Å². The van der Waals surface area contributed by atoms with Crippen molar-refractivity contribution < 1.29 is 4.74 Å². The van der Waals surface area contributed by atoms with Crippen molar-refractivity contribution in [2.24, 2.45) is 29.4 Å². The molecule has 1 heterocycles. The Morgan fingerprint density at radius 3 is 2.33 bits per heavy atom. The summed E-state index contributed by atoms with van der Waals surface area (Å²) < 4.78 is 7.50. The molecule has 116 valence electrons. The molecule has 0 unspecified atom stereocenters. The minimum atomic E-state index is 0.462. The fourth-order valence-electron chi connectivity index (χ4n) is 5.52. The molecule has 0 saturated heterocycles. The van der Waals surface area contributed by atoms with Crippen LogP contribution in [0, 0.1) is 23.7 Å². The highest BCUT2D eigenvalue weighted by Crippen LogP contribution is 2.59. The second-order valence-corrected chi connectivity index (χ2v) is 7.28. The molecule has 0 spiro atoms. The Kier molecular flexibility index (Phi) is 3.50. The maximum absolute atomic E-state index is 5.85. The highest BCUT2D eigenvalue weighted by Gasteiger charge is 2.50. The number of hydrogen-bond donors (Lipinski definition) is 1. The Labute approximate surface area is 126 Å². The van der Waals surface area contributed by atoms with E-state index in [1.54, 1.807) is 7.11 Å². The van der Waals surface area contributed by atoms with Crippen LogP contribution >= 0.6 is 0 Å². The number of nitrogens with two attached hydrogens (primary N) is 1. The summed E-state index contributed by atoms with van der Waals surface area (Å²) in [5.41, 5.74) is 5.85. The van der Waals surface area contributed by atoms with Gasteiger partial charge in [-0.2, -0.15) is 0 Å². The van der Waals surface area contributed by atoms with Crippen molar-refractivity contribution >= 4 is 0 Å². The fourth-order valence-corrected chi connectivity index (χ4v) is 5.52. The maximum Gasteiger partial charge on any atom is 0.146 e. The van der Waals surface area contributed by atoms with Gasteiger partial charge in [-0.25, -0.2) is 0 Å². The summed E-state index contributed by atoms with van der Waals surface area (Å²) in [7, 11) is 1.75. The van der Waals surface area contributed by atoms with Crippen LogP contribution in [0.15, 0.2) is 0 Å².